The first-order chi connectivity index (χ1) is 7.76. The Hall–Kier alpha value is -1.14. The molecule has 94 valence electrons. The van der Waals surface area contributed by atoms with Crippen LogP contribution >= 0.6 is 15.9 Å². The first-order valence-electron chi connectivity index (χ1n) is 5.00. The van der Waals surface area contributed by atoms with Gasteiger partial charge in [0.25, 0.3) is 0 Å². The van der Waals surface area contributed by atoms with Crippen LogP contribution < -0.4 is 0 Å². The van der Waals surface area contributed by atoms with Gasteiger partial charge in [-0.25, -0.2) is 9.36 Å². The van der Waals surface area contributed by atoms with Crippen molar-refractivity contribution in [3.05, 3.63) is 22.4 Å². The van der Waals surface area contributed by atoms with Gasteiger partial charge in [0.2, 0.25) is 5.78 Å². The number of aromatic nitrogens is 1. The minimum atomic E-state index is -0.661. The summed E-state index contributed by atoms with van der Waals surface area (Å²) in [4.78, 5) is 23.3. The molecular formula is C11H14BrNO4. The summed E-state index contributed by atoms with van der Waals surface area (Å²) in [5.41, 5.74) is -0.561. The Morgan fingerprint density at radius 3 is 2.53 bits per heavy atom. The summed E-state index contributed by atoms with van der Waals surface area (Å²) in [7, 11) is 0. The fraction of sp³-hybridized carbons (Fsp3) is 0.455. The molecule has 1 aromatic rings. The zero-order chi connectivity index (χ0) is 13.2. The summed E-state index contributed by atoms with van der Waals surface area (Å²) in [5, 5.41) is 8.83. The summed E-state index contributed by atoms with van der Waals surface area (Å²) in [6.45, 7) is 4.54. The van der Waals surface area contributed by atoms with Crippen molar-refractivity contribution in [1.29, 1.82) is 0 Å². The highest BCUT2D eigenvalue weighted by atomic mass is 79.9. The number of hydrogen-bond donors (Lipinski definition) is 1. The minimum absolute atomic E-state index is 0.0850. The fourth-order valence-corrected chi connectivity index (χ4v) is 1.74. The molecule has 5 nitrogen and oxygen atoms in total. The predicted molar refractivity (Wildman–Crippen MR) is 65.2 cm³/mol. The molecule has 0 radical (unpaired) electrons. The van der Waals surface area contributed by atoms with E-state index >= 15 is 0 Å². The molecule has 0 saturated heterocycles. The maximum Gasteiger partial charge on any atom is 0.419 e. The number of rotatable bonds is 2. The van der Waals surface area contributed by atoms with Crippen LogP contribution in [0, 0.1) is 0 Å². The van der Waals surface area contributed by atoms with Crippen LogP contribution in [0.2, 0.25) is 0 Å². The topological polar surface area (TPSA) is 68.5 Å². The smallest absolute Gasteiger partial charge is 0.419 e. The summed E-state index contributed by atoms with van der Waals surface area (Å²) in [6, 6.07) is 1.55. The molecule has 0 unspecified atom stereocenters. The van der Waals surface area contributed by atoms with Gasteiger partial charge in [-0.15, -0.1) is 0 Å². The molecule has 1 heterocycles. The summed E-state index contributed by atoms with van der Waals surface area (Å²) in [6.07, 6.45) is 0.765. The fourth-order valence-electron chi connectivity index (χ4n) is 1.21. The van der Waals surface area contributed by atoms with Gasteiger partial charge in [-0.05, 0) is 42.8 Å². The average Bonchev–Trinajstić information content (AvgIpc) is 2.56. The van der Waals surface area contributed by atoms with E-state index in [0.29, 0.717) is 4.47 Å². The third-order valence-electron chi connectivity index (χ3n) is 1.83. The molecule has 1 rings (SSSR count). The lowest BCUT2D eigenvalue weighted by Crippen LogP contribution is -2.29. The number of hydrogen-bond acceptors (Lipinski definition) is 4. The van der Waals surface area contributed by atoms with E-state index in [4.69, 9.17) is 9.84 Å². The lowest BCUT2D eigenvalue weighted by molar-refractivity contribution is 0.0525. The molecule has 1 aromatic heterocycles. The number of aliphatic hydroxyl groups is 1. The van der Waals surface area contributed by atoms with E-state index in [9.17, 15) is 9.59 Å². The molecule has 1 N–H and O–H groups in total. The van der Waals surface area contributed by atoms with E-state index in [1.807, 2.05) is 0 Å². The van der Waals surface area contributed by atoms with Crippen molar-refractivity contribution < 1.29 is 19.4 Å². The first kappa shape index (κ1) is 13.9. The highest BCUT2D eigenvalue weighted by Gasteiger charge is 2.23. The lowest BCUT2D eigenvalue weighted by Gasteiger charge is -2.20. The molecule has 0 aliphatic rings. The molecule has 0 aromatic carbocycles. The zero-order valence-electron chi connectivity index (χ0n) is 9.86. The van der Waals surface area contributed by atoms with Crippen molar-refractivity contribution in [3.8, 4) is 0 Å². The third-order valence-corrected chi connectivity index (χ3v) is 2.47. The molecule has 6 heteroatoms. The Bertz CT molecular complexity index is 445. The van der Waals surface area contributed by atoms with Gasteiger partial charge in [-0.2, -0.15) is 0 Å². The van der Waals surface area contributed by atoms with Crippen LogP contribution in [0.25, 0.3) is 0 Å². The van der Waals surface area contributed by atoms with Crippen molar-refractivity contribution >= 4 is 27.8 Å². The summed E-state index contributed by atoms with van der Waals surface area (Å²) < 4.78 is 6.67. The number of halogens is 1. The molecule has 0 fully saturated rings. The van der Waals surface area contributed by atoms with E-state index in [-0.39, 0.29) is 5.69 Å². The number of Topliss-reactive ketones (excluding diaryl/α,β-unsaturated/α-hetero) is 1. The molecular weight excluding hydrogens is 290 g/mol. The van der Waals surface area contributed by atoms with Gasteiger partial charge >= 0.3 is 6.09 Å². The summed E-state index contributed by atoms with van der Waals surface area (Å²) in [5.74, 6) is -0.548. The predicted octanol–water partition coefficient (Wildman–Crippen LogP) is 2.21. The minimum Gasteiger partial charge on any atom is -0.443 e. The molecule has 0 bridgehead atoms. The van der Waals surface area contributed by atoms with E-state index in [1.54, 1.807) is 26.8 Å². The number of nitrogens with zero attached hydrogens (tertiary/aromatic N) is 1. The Kier molecular flexibility index (Phi) is 4.11. The van der Waals surface area contributed by atoms with E-state index in [2.05, 4.69) is 15.9 Å². The molecule has 0 aliphatic carbocycles. The standard InChI is InChI=1S/C11H14BrNO4/c1-11(2,3)17-10(16)13-5-4-7(12)9(13)8(15)6-14/h4-5,14H,6H2,1-3H3. The maximum atomic E-state index is 11.8. The zero-order valence-corrected chi connectivity index (χ0v) is 11.4. The molecule has 0 amide bonds. The Morgan fingerprint density at radius 1 is 1.47 bits per heavy atom. The lowest BCUT2D eigenvalue weighted by atomic mass is 10.2. The number of ketones is 1. The number of aliphatic hydroxyl groups excluding tert-OH is 1. The molecule has 0 atom stereocenters. The molecule has 0 saturated carbocycles. The quantitative estimate of drug-likeness (QED) is 0.851. The van der Waals surface area contributed by atoms with Gasteiger partial charge in [-0.3, -0.25) is 4.79 Å². The Balaban J connectivity index is 3.07. The second-order valence-corrected chi connectivity index (χ2v) is 5.30. The molecule has 17 heavy (non-hydrogen) atoms. The monoisotopic (exact) mass is 303 g/mol. The van der Waals surface area contributed by atoms with Crippen LogP contribution in [-0.2, 0) is 4.74 Å². The van der Waals surface area contributed by atoms with Gasteiger partial charge in [0.1, 0.15) is 17.9 Å². The second-order valence-electron chi connectivity index (χ2n) is 4.44. The normalized spacial score (nSPS) is 11.4. The maximum absolute atomic E-state index is 11.8. The Labute approximate surface area is 108 Å². The highest BCUT2D eigenvalue weighted by molar-refractivity contribution is 9.10. The van der Waals surface area contributed by atoms with Gasteiger partial charge in [0.05, 0.1) is 0 Å². The number of carbonyl (C=O) groups excluding carboxylic acids is 2. The van der Waals surface area contributed by atoms with Crippen molar-refractivity contribution in [1.82, 2.24) is 4.57 Å². The first-order valence-corrected chi connectivity index (χ1v) is 5.80. The van der Waals surface area contributed by atoms with Crippen LogP contribution in [0.4, 0.5) is 4.79 Å². The molecule has 0 spiro atoms. The van der Waals surface area contributed by atoms with Crippen LogP contribution in [0.5, 0.6) is 0 Å². The van der Waals surface area contributed by atoms with Crippen LogP contribution in [0.15, 0.2) is 16.7 Å². The van der Waals surface area contributed by atoms with E-state index in [1.165, 1.54) is 6.20 Å². The largest absolute Gasteiger partial charge is 0.443 e. The molecule has 0 aliphatic heterocycles. The van der Waals surface area contributed by atoms with Crippen LogP contribution in [0.3, 0.4) is 0 Å². The van der Waals surface area contributed by atoms with Crippen LogP contribution in [0.1, 0.15) is 31.3 Å². The van der Waals surface area contributed by atoms with Crippen molar-refractivity contribution in [2.75, 3.05) is 6.61 Å². The summed E-state index contributed by atoms with van der Waals surface area (Å²) >= 11 is 3.15. The third kappa shape index (κ3) is 3.41. The Morgan fingerprint density at radius 2 is 2.06 bits per heavy atom. The van der Waals surface area contributed by atoms with E-state index in [0.717, 1.165) is 4.57 Å². The van der Waals surface area contributed by atoms with Crippen LogP contribution in [-0.4, -0.2) is 33.8 Å². The van der Waals surface area contributed by atoms with E-state index < -0.39 is 24.1 Å². The second kappa shape index (κ2) is 5.01. The van der Waals surface area contributed by atoms with Crippen molar-refractivity contribution in [2.24, 2.45) is 0 Å². The van der Waals surface area contributed by atoms with Gasteiger partial charge in [-0.1, -0.05) is 0 Å². The van der Waals surface area contributed by atoms with Gasteiger partial charge in [0, 0.05) is 10.7 Å². The SMILES string of the molecule is CC(C)(C)OC(=O)n1ccc(Br)c1C(=O)CO. The number of ether oxygens (including phenoxy) is 1. The van der Waals surface area contributed by atoms with Crippen molar-refractivity contribution in [3.63, 3.8) is 0 Å². The highest BCUT2D eigenvalue weighted by Crippen LogP contribution is 2.20. The number of carbonyl (C=O) groups is 2. The van der Waals surface area contributed by atoms with Crippen molar-refractivity contribution in [2.45, 2.75) is 26.4 Å². The van der Waals surface area contributed by atoms with Gasteiger partial charge < -0.3 is 9.84 Å². The van der Waals surface area contributed by atoms with Gasteiger partial charge in [0.15, 0.2) is 0 Å². The average molecular weight is 304 g/mol.